The number of aromatic nitrogens is 1. The Hall–Kier alpha value is -4.64. The van der Waals surface area contributed by atoms with E-state index in [4.69, 9.17) is 14.2 Å². The minimum Gasteiger partial charge on any atom is -0.497 e. The molecule has 0 saturated carbocycles. The molecule has 3 aliphatic heterocycles. The summed E-state index contributed by atoms with van der Waals surface area (Å²) in [7, 11) is 4.59. The number of likely N-dealkylation sites (tertiary alicyclic amines) is 1. The Morgan fingerprint density at radius 2 is 1.63 bits per heavy atom. The van der Waals surface area contributed by atoms with Crippen LogP contribution in [0, 0.1) is 11.3 Å². The van der Waals surface area contributed by atoms with Crippen LogP contribution in [0.25, 0.3) is 0 Å². The number of nitrogens with zero attached hydrogens (tertiary/aromatic N) is 3. The monoisotopic (exact) mass is 586 g/mol. The van der Waals surface area contributed by atoms with Crippen molar-refractivity contribution in [2.24, 2.45) is 11.3 Å². The molecule has 0 aliphatic carbocycles. The van der Waals surface area contributed by atoms with Gasteiger partial charge >= 0.3 is 6.03 Å². The topological polar surface area (TPSA) is 119 Å². The molecule has 2 fully saturated rings. The largest absolute Gasteiger partial charge is 0.497 e. The molecule has 3 atom stereocenters. The number of ether oxygens (including phenoxy) is 3. The summed E-state index contributed by atoms with van der Waals surface area (Å²) in [6.45, 7) is 1.87. The van der Waals surface area contributed by atoms with Crippen LogP contribution in [-0.4, -0.2) is 68.3 Å². The second-order valence-corrected chi connectivity index (χ2v) is 11.4. The third-order valence-electron chi connectivity index (χ3n) is 8.80. The maximum absolute atomic E-state index is 14.6. The Morgan fingerprint density at radius 1 is 0.860 bits per heavy atom. The number of fused-ring (bicyclic) bond motifs is 4. The first-order chi connectivity index (χ1) is 20.8. The standard InChI is InChI=1S/C32H34N4O7/c1-41-24-10-8-23(9-11-24)36-30(39)32(29(38)33-31(36)40,15-20-7-12-26(42-2)27(14-20)43-3)19-34-16-21-13-22(18-34)25-5-4-6-28(37)35(25)17-21/h4-12,14,21-22H,13,15-19H2,1-3H3,(H,33,38,40)/t21-,22+,32?/m1/s1. The Labute approximate surface area is 248 Å². The summed E-state index contributed by atoms with van der Waals surface area (Å²) in [6, 6.07) is 16.4. The fourth-order valence-electron chi connectivity index (χ4n) is 6.84. The molecule has 0 spiro atoms. The summed E-state index contributed by atoms with van der Waals surface area (Å²) in [6.07, 6.45) is 0.957. The first kappa shape index (κ1) is 28.5. The molecule has 6 rings (SSSR count). The Bertz CT molecular complexity index is 1640. The van der Waals surface area contributed by atoms with E-state index in [0.717, 1.165) is 17.0 Å². The number of barbiturate groups is 1. The number of carbonyl (C=O) groups excluding carboxylic acids is 3. The Balaban J connectivity index is 1.39. The number of urea groups is 1. The maximum atomic E-state index is 14.6. The first-order valence-electron chi connectivity index (χ1n) is 14.2. The van der Waals surface area contributed by atoms with E-state index in [2.05, 4.69) is 10.2 Å². The molecule has 2 bridgehead atoms. The van der Waals surface area contributed by atoms with Gasteiger partial charge in [0.25, 0.3) is 11.5 Å². The predicted octanol–water partition coefficient (Wildman–Crippen LogP) is 2.81. The van der Waals surface area contributed by atoms with Crippen LogP contribution in [0.2, 0.25) is 0 Å². The summed E-state index contributed by atoms with van der Waals surface area (Å²) >= 11 is 0. The minimum absolute atomic E-state index is 0.0129. The highest BCUT2D eigenvalue weighted by atomic mass is 16.5. The van der Waals surface area contributed by atoms with Gasteiger partial charge in [-0.25, -0.2) is 9.69 Å². The summed E-state index contributed by atoms with van der Waals surface area (Å²) in [4.78, 5) is 57.4. The number of amides is 4. The zero-order valence-electron chi connectivity index (χ0n) is 24.4. The number of nitrogens with one attached hydrogen (secondary N) is 1. The molecule has 4 heterocycles. The summed E-state index contributed by atoms with van der Waals surface area (Å²) in [5, 5.41) is 2.48. The van der Waals surface area contributed by atoms with Crippen molar-refractivity contribution in [1.82, 2.24) is 14.8 Å². The lowest BCUT2D eigenvalue weighted by Crippen LogP contribution is -2.68. The molecule has 3 aromatic rings. The molecular weight excluding hydrogens is 552 g/mol. The van der Waals surface area contributed by atoms with Gasteiger partial charge in [0.1, 0.15) is 11.2 Å². The van der Waals surface area contributed by atoms with Crippen molar-refractivity contribution in [2.75, 3.05) is 45.9 Å². The van der Waals surface area contributed by atoms with E-state index in [-0.39, 0.29) is 30.4 Å². The fourth-order valence-corrected chi connectivity index (χ4v) is 6.84. The molecule has 3 aliphatic rings. The number of pyridine rings is 1. The molecule has 1 N–H and O–H groups in total. The summed E-state index contributed by atoms with van der Waals surface area (Å²) in [5.41, 5.74) is 0.337. The van der Waals surface area contributed by atoms with Gasteiger partial charge < -0.3 is 23.7 Å². The molecule has 11 nitrogen and oxygen atoms in total. The first-order valence-corrected chi connectivity index (χ1v) is 14.2. The average molecular weight is 587 g/mol. The van der Waals surface area contributed by atoms with Crippen molar-refractivity contribution in [1.29, 1.82) is 0 Å². The number of carbonyl (C=O) groups is 3. The third-order valence-corrected chi connectivity index (χ3v) is 8.80. The van der Waals surface area contributed by atoms with E-state index in [9.17, 15) is 19.2 Å². The van der Waals surface area contributed by atoms with Gasteiger partial charge in [-0.3, -0.25) is 19.7 Å². The van der Waals surface area contributed by atoms with Gasteiger partial charge in [0.15, 0.2) is 11.5 Å². The number of hydrogen-bond acceptors (Lipinski definition) is 8. The van der Waals surface area contributed by atoms with Gasteiger partial charge in [0.2, 0.25) is 5.91 Å². The molecule has 1 unspecified atom stereocenters. The predicted molar refractivity (Wildman–Crippen MR) is 158 cm³/mol. The molecule has 2 aromatic carbocycles. The van der Waals surface area contributed by atoms with Crippen molar-refractivity contribution in [3.63, 3.8) is 0 Å². The number of piperidine rings is 1. The zero-order valence-corrected chi connectivity index (χ0v) is 24.4. The summed E-state index contributed by atoms with van der Waals surface area (Å²) in [5.74, 6) is 0.582. The average Bonchev–Trinajstić information content (AvgIpc) is 3.01. The van der Waals surface area contributed by atoms with E-state index >= 15 is 0 Å². The van der Waals surface area contributed by atoms with Gasteiger partial charge in [-0.2, -0.15) is 0 Å². The quantitative estimate of drug-likeness (QED) is 0.401. The lowest BCUT2D eigenvalue weighted by Gasteiger charge is -2.47. The van der Waals surface area contributed by atoms with Gasteiger partial charge in [0, 0.05) is 43.9 Å². The molecular formula is C32H34N4O7. The molecule has 2 saturated heterocycles. The molecule has 0 radical (unpaired) electrons. The second-order valence-electron chi connectivity index (χ2n) is 11.4. The SMILES string of the molecule is COc1ccc(N2C(=O)NC(=O)C(Cc3ccc(OC)c(OC)c3)(CN3C[C@H]4C[C@@H](C3)c3cccc(=O)n3C4)C2=O)cc1. The van der Waals surface area contributed by atoms with Gasteiger partial charge in [-0.15, -0.1) is 0 Å². The molecule has 224 valence electrons. The molecule has 4 amide bonds. The second kappa shape index (κ2) is 11.2. The highest BCUT2D eigenvalue weighted by molar-refractivity contribution is 6.30. The third kappa shape index (κ3) is 5.03. The van der Waals surface area contributed by atoms with E-state index in [1.165, 1.54) is 21.3 Å². The minimum atomic E-state index is -1.63. The van der Waals surface area contributed by atoms with Gasteiger partial charge in [-0.1, -0.05) is 12.1 Å². The summed E-state index contributed by atoms with van der Waals surface area (Å²) < 4.78 is 18.0. The maximum Gasteiger partial charge on any atom is 0.335 e. The lowest BCUT2D eigenvalue weighted by atomic mass is 9.75. The van der Waals surface area contributed by atoms with Crippen LogP contribution in [-0.2, 0) is 22.6 Å². The zero-order chi connectivity index (χ0) is 30.3. The highest BCUT2D eigenvalue weighted by Crippen LogP contribution is 2.40. The van der Waals surface area contributed by atoms with Crippen LogP contribution in [0.4, 0.5) is 10.5 Å². The van der Waals surface area contributed by atoms with Crippen LogP contribution in [0.15, 0.2) is 65.5 Å². The van der Waals surface area contributed by atoms with Crippen molar-refractivity contribution in [2.45, 2.75) is 25.3 Å². The van der Waals surface area contributed by atoms with Crippen LogP contribution < -0.4 is 30.0 Å². The molecule has 1 aromatic heterocycles. The van der Waals surface area contributed by atoms with E-state index < -0.39 is 23.3 Å². The lowest BCUT2D eigenvalue weighted by molar-refractivity contribution is -0.144. The Morgan fingerprint density at radius 3 is 2.35 bits per heavy atom. The van der Waals surface area contributed by atoms with Crippen molar-refractivity contribution >= 4 is 23.5 Å². The van der Waals surface area contributed by atoms with Gasteiger partial charge in [0.05, 0.1) is 27.0 Å². The van der Waals surface area contributed by atoms with Crippen LogP contribution >= 0.6 is 0 Å². The Kier molecular flexibility index (Phi) is 7.43. The van der Waals surface area contributed by atoms with Crippen molar-refractivity contribution in [3.05, 3.63) is 82.3 Å². The van der Waals surface area contributed by atoms with E-state index in [1.54, 1.807) is 54.6 Å². The normalized spacial score (nSPS) is 23.4. The highest BCUT2D eigenvalue weighted by Gasteiger charge is 2.56. The number of benzene rings is 2. The number of hydrogen-bond donors (Lipinski definition) is 1. The van der Waals surface area contributed by atoms with Crippen LogP contribution in [0.5, 0.6) is 17.2 Å². The van der Waals surface area contributed by atoms with Crippen LogP contribution in [0.3, 0.4) is 0 Å². The number of methoxy groups -OCH3 is 3. The van der Waals surface area contributed by atoms with Gasteiger partial charge in [-0.05, 0) is 66.8 Å². The molecule has 43 heavy (non-hydrogen) atoms. The van der Waals surface area contributed by atoms with Crippen molar-refractivity contribution < 1.29 is 28.6 Å². The van der Waals surface area contributed by atoms with E-state index in [1.807, 2.05) is 10.6 Å². The number of imide groups is 2. The number of anilines is 1. The smallest absolute Gasteiger partial charge is 0.335 e. The molecule has 11 heteroatoms. The number of rotatable bonds is 8. The van der Waals surface area contributed by atoms with Crippen molar-refractivity contribution in [3.8, 4) is 17.2 Å². The fraction of sp³-hybridized carbons (Fsp3) is 0.375. The van der Waals surface area contributed by atoms with E-state index in [0.29, 0.717) is 48.1 Å². The van der Waals surface area contributed by atoms with Crippen LogP contribution in [0.1, 0.15) is 23.6 Å².